The van der Waals surface area contributed by atoms with Gasteiger partial charge in [0.15, 0.2) is 0 Å². The van der Waals surface area contributed by atoms with Gasteiger partial charge in [-0.1, -0.05) is 12.1 Å². The number of amides is 3. The van der Waals surface area contributed by atoms with E-state index in [0.29, 0.717) is 31.7 Å². The lowest BCUT2D eigenvalue weighted by molar-refractivity contribution is -0.137. The number of likely N-dealkylation sites (tertiary alicyclic amines) is 1. The van der Waals surface area contributed by atoms with Crippen LogP contribution in [0.15, 0.2) is 48.5 Å². The molecule has 2 atom stereocenters. The smallest absolute Gasteiger partial charge is 0.416 e. The number of alkyl halides is 3. The van der Waals surface area contributed by atoms with Crippen LogP contribution in [0.3, 0.4) is 0 Å². The fraction of sp³-hybridized carbons (Fsp3) is 0.333. The molecule has 2 fully saturated rings. The summed E-state index contributed by atoms with van der Waals surface area (Å²) in [5.74, 6) is 0. The first-order valence-electron chi connectivity index (χ1n) is 9.61. The van der Waals surface area contributed by atoms with Crippen LogP contribution in [0.4, 0.5) is 34.1 Å². The summed E-state index contributed by atoms with van der Waals surface area (Å²) in [7, 11) is 0. The van der Waals surface area contributed by atoms with Crippen molar-refractivity contribution in [3.8, 4) is 0 Å². The Bertz CT molecular complexity index is 979. The summed E-state index contributed by atoms with van der Waals surface area (Å²) in [5.41, 5.74) is 0.382. The highest BCUT2D eigenvalue weighted by Gasteiger charge is 2.52. The average molecular weight is 435 g/mol. The fourth-order valence-corrected chi connectivity index (χ4v) is 4.09. The van der Waals surface area contributed by atoms with Gasteiger partial charge in [0, 0.05) is 24.2 Å². The van der Waals surface area contributed by atoms with Crippen molar-refractivity contribution in [3.05, 3.63) is 59.7 Å². The van der Waals surface area contributed by atoms with Crippen molar-refractivity contribution < 1.29 is 32.6 Å². The van der Waals surface area contributed by atoms with Gasteiger partial charge in [-0.2, -0.15) is 13.2 Å². The lowest BCUT2D eigenvalue weighted by Gasteiger charge is -2.31. The lowest BCUT2D eigenvalue weighted by atomic mass is 9.93. The van der Waals surface area contributed by atoms with E-state index in [1.165, 1.54) is 17.0 Å². The first kappa shape index (κ1) is 21.0. The summed E-state index contributed by atoms with van der Waals surface area (Å²) in [5, 5.41) is 14.4. The standard InChI is InChI=1S/C21H20F3N3O4/c22-21(23,24)14-3-7-16(8-4-14)26-18(28)25-15-5-1-13(2-6-15)9-20-10-17(11-31-20)27(12-20)19(29)30/h1-8,17H,9-12H2,(H,29,30)(H2,25,26,28)/t17-,20-/m1/s1. The van der Waals surface area contributed by atoms with Crippen LogP contribution in [0.5, 0.6) is 0 Å². The highest BCUT2D eigenvalue weighted by molar-refractivity contribution is 5.99. The molecule has 4 rings (SSSR count). The van der Waals surface area contributed by atoms with Crippen LogP contribution in [0.25, 0.3) is 0 Å². The zero-order valence-electron chi connectivity index (χ0n) is 16.3. The summed E-state index contributed by atoms with van der Waals surface area (Å²) in [6, 6.07) is 10.5. The molecule has 164 valence electrons. The van der Waals surface area contributed by atoms with Crippen LogP contribution >= 0.6 is 0 Å². The summed E-state index contributed by atoms with van der Waals surface area (Å²) in [4.78, 5) is 24.8. The Hall–Kier alpha value is -3.27. The van der Waals surface area contributed by atoms with E-state index in [0.717, 1.165) is 17.7 Å². The van der Waals surface area contributed by atoms with Gasteiger partial charge in [0.1, 0.15) is 0 Å². The summed E-state index contributed by atoms with van der Waals surface area (Å²) >= 11 is 0. The molecule has 3 N–H and O–H groups in total. The molecule has 2 aliphatic heterocycles. The van der Waals surface area contributed by atoms with Gasteiger partial charge in [0.05, 0.1) is 30.4 Å². The van der Waals surface area contributed by atoms with E-state index in [2.05, 4.69) is 10.6 Å². The number of rotatable bonds is 4. The van der Waals surface area contributed by atoms with Crippen LogP contribution in [0.1, 0.15) is 17.5 Å². The zero-order valence-corrected chi connectivity index (χ0v) is 16.3. The number of urea groups is 1. The highest BCUT2D eigenvalue weighted by Crippen LogP contribution is 2.40. The molecule has 7 nitrogen and oxygen atoms in total. The number of hydrogen-bond donors (Lipinski definition) is 3. The van der Waals surface area contributed by atoms with Crippen molar-refractivity contribution in [1.29, 1.82) is 0 Å². The molecule has 3 amide bonds. The molecular formula is C21H20F3N3O4. The van der Waals surface area contributed by atoms with Crippen LogP contribution in [0, 0.1) is 0 Å². The quantitative estimate of drug-likeness (QED) is 0.664. The molecule has 2 aliphatic rings. The normalized spacial score (nSPS) is 22.4. The van der Waals surface area contributed by atoms with Gasteiger partial charge in [0.25, 0.3) is 0 Å². The van der Waals surface area contributed by atoms with Gasteiger partial charge >= 0.3 is 18.3 Å². The van der Waals surface area contributed by atoms with Gasteiger partial charge in [-0.15, -0.1) is 0 Å². The molecule has 0 spiro atoms. The van der Waals surface area contributed by atoms with Crippen molar-refractivity contribution >= 4 is 23.5 Å². The van der Waals surface area contributed by atoms with Crippen molar-refractivity contribution in [2.75, 3.05) is 23.8 Å². The Kier molecular flexibility index (Phi) is 5.26. The molecule has 0 aliphatic carbocycles. The minimum Gasteiger partial charge on any atom is -0.465 e. The monoisotopic (exact) mass is 435 g/mol. The van der Waals surface area contributed by atoms with Crippen LogP contribution in [-0.4, -0.2) is 46.9 Å². The number of nitrogens with zero attached hydrogens (tertiary/aromatic N) is 1. The van der Waals surface area contributed by atoms with Gasteiger partial charge in [-0.05, 0) is 42.0 Å². The number of anilines is 2. The molecule has 31 heavy (non-hydrogen) atoms. The maximum absolute atomic E-state index is 12.6. The Morgan fingerprint density at radius 2 is 1.65 bits per heavy atom. The number of nitrogens with one attached hydrogen (secondary N) is 2. The van der Waals surface area contributed by atoms with E-state index < -0.39 is 29.5 Å². The third-order valence-electron chi connectivity index (χ3n) is 5.54. The number of carbonyl (C=O) groups is 2. The summed E-state index contributed by atoms with van der Waals surface area (Å²) in [6.45, 7) is 0.735. The number of carbonyl (C=O) groups excluding carboxylic acids is 1. The molecule has 2 saturated heterocycles. The number of benzene rings is 2. The second-order valence-electron chi connectivity index (χ2n) is 7.79. The van der Waals surface area contributed by atoms with Crippen molar-refractivity contribution in [1.82, 2.24) is 4.90 Å². The maximum atomic E-state index is 12.6. The third-order valence-corrected chi connectivity index (χ3v) is 5.54. The number of carboxylic acid groups (broad SMARTS) is 1. The molecule has 0 aromatic heterocycles. The first-order valence-corrected chi connectivity index (χ1v) is 9.61. The number of ether oxygens (including phenoxy) is 1. The Labute approximate surface area is 175 Å². The molecule has 2 aromatic rings. The Balaban J connectivity index is 1.32. The number of morpholine rings is 1. The third kappa shape index (κ3) is 4.58. The van der Waals surface area contributed by atoms with Gasteiger partial charge in [-0.25, -0.2) is 9.59 Å². The summed E-state index contributed by atoms with van der Waals surface area (Å²) in [6.07, 6.45) is -4.15. The average Bonchev–Trinajstić information content (AvgIpc) is 3.27. The van der Waals surface area contributed by atoms with Gasteiger partial charge in [-0.3, -0.25) is 0 Å². The number of halogens is 3. The maximum Gasteiger partial charge on any atom is 0.416 e. The Morgan fingerprint density at radius 1 is 1.06 bits per heavy atom. The van der Waals surface area contributed by atoms with Crippen LogP contribution < -0.4 is 10.6 Å². The van der Waals surface area contributed by atoms with Gasteiger partial charge < -0.3 is 25.4 Å². The zero-order chi connectivity index (χ0) is 22.2. The molecule has 0 radical (unpaired) electrons. The molecule has 2 bridgehead atoms. The number of hydrogen-bond acceptors (Lipinski definition) is 3. The van der Waals surface area contributed by atoms with Crippen LogP contribution in [-0.2, 0) is 17.3 Å². The van der Waals surface area contributed by atoms with E-state index in [1.807, 2.05) is 12.1 Å². The molecule has 2 heterocycles. The molecule has 2 aromatic carbocycles. The largest absolute Gasteiger partial charge is 0.465 e. The van der Waals surface area contributed by atoms with E-state index in [1.54, 1.807) is 12.1 Å². The van der Waals surface area contributed by atoms with Gasteiger partial charge in [0.2, 0.25) is 0 Å². The van der Waals surface area contributed by atoms with E-state index in [4.69, 9.17) is 4.74 Å². The van der Waals surface area contributed by atoms with E-state index in [-0.39, 0.29) is 11.7 Å². The first-order chi connectivity index (χ1) is 14.6. The predicted molar refractivity (Wildman–Crippen MR) is 106 cm³/mol. The second-order valence-corrected chi connectivity index (χ2v) is 7.79. The second kappa shape index (κ2) is 7.77. The Morgan fingerprint density at radius 3 is 2.16 bits per heavy atom. The SMILES string of the molecule is O=C(Nc1ccc(C[C@]23C[C@H](CO2)N(C(=O)O)C3)cc1)Nc1ccc(C(F)(F)F)cc1. The topological polar surface area (TPSA) is 90.9 Å². The van der Waals surface area contributed by atoms with Crippen molar-refractivity contribution in [2.24, 2.45) is 0 Å². The molecular weight excluding hydrogens is 415 g/mol. The van der Waals surface area contributed by atoms with E-state index in [9.17, 15) is 27.9 Å². The fourth-order valence-electron chi connectivity index (χ4n) is 4.09. The van der Waals surface area contributed by atoms with Crippen molar-refractivity contribution in [2.45, 2.75) is 30.7 Å². The predicted octanol–water partition coefficient (Wildman–Crippen LogP) is 4.41. The molecule has 0 unspecified atom stereocenters. The lowest BCUT2D eigenvalue weighted by Crippen LogP contribution is -2.46. The number of fused-ring (bicyclic) bond motifs is 2. The minimum atomic E-state index is -4.43. The molecule has 10 heteroatoms. The molecule has 0 saturated carbocycles. The highest BCUT2D eigenvalue weighted by atomic mass is 19.4. The minimum absolute atomic E-state index is 0.104. The summed E-state index contributed by atoms with van der Waals surface area (Å²) < 4.78 is 43.7. The van der Waals surface area contributed by atoms with E-state index >= 15 is 0 Å². The van der Waals surface area contributed by atoms with Crippen LogP contribution in [0.2, 0.25) is 0 Å². The van der Waals surface area contributed by atoms with Crippen molar-refractivity contribution in [3.63, 3.8) is 0 Å².